The van der Waals surface area contributed by atoms with Crippen molar-refractivity contribution in [3.05, 3.63) is 47.7 Å². The number of urea groups is 1. The fraction of sp³-hybridized carbons (Fsp3) is 0.368. The van der Waals surface area contributed by atoms with Crippen molar-refractivity contribution in [3.8, 4) is 6.01 Å². The first-order valence-corrected chi connectivity index (χ1v) is 8.82. The minimum absolute atomic E-state index is 0.0543. The molecule has 3 heterocycles. The molecule has 140 valence electrons. The lowest BCUT2D eigenvalue weighted by Crippen LogP contribution is -2.40. The molecule has 0 spiro atoms. The van der Waals surface area contributed by atoms with E-state index in [0.29, 0.717) is 11.4 Å². The van der Waals surface area contributed by atoms with E-state index >= 15 is 0 Å². The number of hydrogen-bond donors (Lipinski definition) is 1. The van der Waals surface area contributed by atoms with Crippen LogP contribution in [0.2, 0.25) is 0 Å². The van der Waals surface area contributed by atoms with Crippen LogP contribution in [0, 0.1) is 0 Å². The molecule has 1 aromatic heterocycles. The van der Waals surface area contributed by atoms with Gasteiger partial charge in [-0.3, -0.25) is 4.79 Å². The first-order valence-electron chi connectivity index (χ1n) is 8.82. The number of anilines is 1. The van der Waals surface area contributed by atoms with Crippen LogP contribution < -0.4 is 15.0 Å². The zero-order chi connectivity index (χ0) is 19.2. The highest BCUT2D eigenvalue weighted by atomic mass is 16.5. The first-order chi connectivity index (χ1) is 12.9. The second kappa shape index (κ2) is 6.22. The third-order valence-corrected chi connectivity index (χ3v) is 4.73. The second-order valence-corrected chi connectivity index (χ2v) is 7.11. The second-order valence-electron chi connectivity index (χ2n) is 7.11. The van der Waals surface area contributed by atoms with Crippen LogP contribution in [-0.4, -0.2) is 33.5 Å². The predicted octanol–water partition coefficient (Wildman–Crippen LogP) is 2.60. The Hall–Kier alpha value is -3.16. The Labute approximate surface area is 156 Å². The Bertz CT molecular complexity index is 899. The van der Waals surface area contributed by atoms with Gasteiger partial charge < -0.3 is 14.8 Å². The van der Waals surface area contributed by atoms with Crippen molar-refractivity contribution in [1.82, 2.24) is 15.3 Å². The number of amides is 3. The summed E-state index contributed by atoms with van der Waals surface area (Å²) in [4.78, 5) is 33.7. The Kier molecular flexibility index (Phi) is 3.98. The topological polar surface area (TPSA) is 93.7 Å². The number of fused-ring (bicyclic) bond motifs is 1. The summed E-state index contributed by atoms with van der Waals surface area (Å²) in [5.74, 6) is 0.297. The molecule has 1 fully saturated rings. The minimum atomic E-state index is -0.949. The summed E-state index contributed by atoms with van der Waals surface area (Å²) in [5.41, 5.74) is 1.63. The highest BCUT2D eigenvalue weighted by Gasteiger charge is 2.45. The molecule has 0 radical (unpaired) electrons. The molecule has 0 bridgehead atoms. The Morgan fingerprint density at radius 3 is 2.70 bits per heavy atom. The van der Waals surface area contributed by atoms with Gasteiger partial charge in [0.25, 0.3) is 5.91 Å². The van der Waals surface area contributed by atoms with Gasteiger partial charge in [0.05, 0.1) is 24.3 Å². The van der Waals surface area contributed by atoms with Crippen molar-refractivity contribution >= 4 is 17.6 Å². The molecule has 8 heteroatoms. The van der Waals surface area contributed by atoms with Crippen molar-refractivity contribution < 1.29 is 19.1 Å². The molecule has 1 aliphatic carbocycles. The lowest BCUT2D eigenvalue weighted by atomic mass is 9.94. The average Bonchev–Trinajstić information content (AvgIpc) is 3.13. The van der Waals surface area contributed by atoms with E-state index in [9.17, 15) is 9.59 Å². The monoisotopic (exact) mass is 368 g/mol. The summed E-state index contributed by atoms with van der Waals surface area (Å²) >= 11 is 0. The van der Waals surface area contributed by atoms with Gasteiger partial charge in [-0.2, -0.15) is 0 Å². The Balaban J connectivity index is 1.49. The third kappa shape index (κ3) is 2.97. The molecule has 0 aromatic carbocycles. The van der Waals surface area contributed by atoms with E-state index in [1.165, 1.54) is 12.4 Å². The van der Waals surface area contributed by atoms with Gasteiger partial charge >= 0.3 is 12.0 Å². The summed E-state index contributed by atoms with van der Waals surface area (Å²) in [5, 5.41) is 2.62. The predicted molar refractivity (Wildman–Crippen MR) is 96.8 cm³/mol. The molecule has 1 saturated heterocycles. The number of carbonyl (C=O) groups is 2. The van der Waals surface area contributed by atoms with E-state index in [0.717, 1.165) is 28.9 Å². The van der Waals surface area contributed by atoms with Crippen molar-refractivity contribution in [2.75, 3.05) is 4.90 Å². The van der Waals surface area contributed by atoms with Crippen LogP contribution in [0.3, 0.4) is 0 Å². The van der Waals surface area contributed by atoms with Crippen LogP contribution in [0.4, 0.5) is 10.5 Å². The summed E-state index contributed by atoms with van der Waals surface area (Å²) in [6.45, 7) is 5.36. The molecule has 3 aliphatic rings. The molecular weight excluding hydrogens is 348 g/mol. The van der Waals surface area contributed by atoms with Crippen LogP contribution in [-0.2, 0) is 9.53 Å². The van der Waals surface area contributed by atoms with Crippen molar-refractivity contribution in [3.63, 3.8) is 0 Å². The third-order valence-electron chi connectivity index (χ3n) is 4.73. The van der Waals surface area contributed by atoms with E-state index in [1.807, 2.05) is 12.2 Å². The quantitative estimate of drug-likeness (QED) is 0.821. The van der Waals surface area contributed by atoms with E-state index < -0.39 is 11.6 Å². The summed E-state index contributed by atoms with van der Waals surface area (Å²) in [7, 11) is 0. The molecule has 8 nitrogen and oxygen atoms in total. The number of ether oxygens (including phenoxy) is 2. The van der Waals surface area contributed by atoms with Crippen molar-refractivity contribution in [2.24, 2.45) is 0 Å². The number of carbonyl (C=O) groups excluding carboxylic acids is 2. The SMILES string of the molecule is CCC1OC=C2CC=C(Oc3ncc(N4C(=O)NC(C)(C)C4=O)cn3)C=C21. The molecule has 1 atom stereocenters. The van der Waals surface area contributed by atoms with E-state index in [-0.39, 0.29) is 18.0 Å². The van der Waals surface area contributed by atoms with Gasteiger partial charge in [0.1, 0.15) is 17.4 Å². The van der Waals surface area contributed by atoms with E-state index in [1.54, 1.807) is 20.1 Å². The molecule has 2 aliphatic heterocycles. The Morgan fingerprint density at radius 1 is 1.33 bits per heavy atom. The van der Waals surface area contributed by atoms with Crippen molar-refractivity contribution in [1.29, 1.82) is 0 Å². The van der Waals surface area contributed by atoms with E-state index in [4.69, 9.17) is 9.47 Å². The zero-order valence-electron chi connectivity index (χ0n) is 15.4. The molecule has 1 N–H and O–H groups in total. The normalized spacial score (nSPS) is 23.1. The van der Waals surface area contributed by atoms with Crippen LogP contribution >= 0.6 is 0 Å². The van der Waals surface area contributed by atoms with Crippen LogP contribution in [0.15, 0.2) is 47.7 Å². The number of allylic oxidation sites excluding steroid dienone is 2. The molecule has 3 amide bonds. The summed E-state index contributed by atoms with van der Waals surface area (Å²) in [6.07, 6.45) is 10.1. The number of imide groups is 1. The van der Waals surface area contributed by atoms with Crippen molar-refractivity contribution in [2.45, 2.75) is 45.3 Å². The fourth-order valence-corrected chi connectivity index (χ4v) is 3.24. The maximum Gasteiger partial charge on any atom is 0.329 e. The lowest BCUT2D eigenvalue weighted by molar-refractivity contribution is -0.121. The molecule has 4 rings (SSSR count). The number of aromatic nitrogens is 2. The molecule has 0 saturated carbocycles. The number of nitrogens with zero attached hydrogens (tertiary/aromatic N) is 3. The van der Waals surface area contributed by atoms with Gasteiger partial charge in [-0.25, -0.2) is 19.7 Å². The molecule has 1 unspecified atom stereocenters. The number of rotatable bonds is 4. The van der Waals surface area contributed by atoms with Gasteiger partial charge in [0.2, 0.25) is 0 Å². The average molecular weight is 368 g/mol. The van der Waals surface area contributed by atoms with Gasteiger partial charge in [-0.1, -0.05) is 6.92 Å². The van der Waals surface area contributed by atoms with Crippen LogP contribution in [0.25, 0.3) is 0 Å². The maximum absolute atomic E-state index is 12.3. The number of nitrogens with one attached hydrogen (secondary N) is 1. The number of hydrogen-bond acceptors (Lipinski definition) is 6. The van der Waals surface area contributed by atoms with Crippen LogP contribution in [0.1, 0.15) is 33.6 Å². The molecule has 27 heavy (non-hydrogen) atoms. The summed E-state index contributed by atoms with van der Waals surface area (Å²) in [6, 6.07) is -0.347. The molecule has 1 aromatic rings. The van der Waals surface area contributed by atoms with E-state index in [2.05, 4.69) is 22.2 Å². The maximum atomic E-state index is 12.3. The fourth-order valence-electron chi connectivity index (χ4n) is 3.24. The first kappa shape index (κ1) is 17.3. The highest BCUT2D eigenvalue weighted by Crippen LogP contribution is 2.34. The Morgan fingerprint density at radius 2 is 2.07 bits per heavy atom. The van der Waals surface area contributed by atoms with Gasteiger partial charge in [-0.05, 0) is 44.4 Å². The molecular formula is C19H20N4O4. The van der Waals surface area contributed by atoms with Gasteiger partial charge in [-0.15, -0.1) is 0 Å². The zero-order valence-corrected chi connectivity index (χ0v) is 15.4. The standard InChI is InChI=1S/C19H20N4O4/c1-4-15-14-7-13(6-5-11(14)10-26-15)27-17-20-8-12(9-21-17)23-16(24)19(2,3)22-18(23)25/h6-10,15H,4-5H2,1-3H3,(H,22,25). The minimum Gasteiger partial charge on any atom is -0.493 e. The van der Waals surface area contributed by atoms with Crippen LogP contribution in [0.5, 0.6) is 6.01 Å². The smallest absolute Gasteiger partial charge is 0.329 e. The highest BCUT2D eigenvalue weighted by molar-refractivity contribution is 6.22. The largest absolute Gasteiger partial charge is 0.493 e. The summed E-state index contributed by atoms with van der Waals surface area (Å²) < 4.78 is 11.4. The van der Waals surface area contributed by atoms with Gasteiger partial charge in [0, 0.05) is 5.57 Å². The van der Waals surface area contributed by atoms with Gasteiger partial charge in [0.15, 0.2) is 0 Å². The lowest BCUT2D eigenvalue weighted by Gasteiger charge is -2.17.